The molecule has 0 aliphatic heterocycles. The van der Waals surface area contributed by atoms with E-state index in [1.165, 1.54) is 0 Å². The summed E-state index contributed by atoms with van der Waals surface area (Å²) in [5.74, 6) is -0.686. The maximum atomic E-state index is 11.1. The quantitative estimate of drug-likeness (QED) is 0.424. The van der Waals surface area contributed by atoms with E-state index in [0.717, 1.165) is 0 Å². The topological polar surface area (TPSA) is 89.8 Å². The average molecular weight is 191 g/mol. The maximum Gasteiger partial charge on any atom is 0.249 e. The third-order valence-electron chi connectivity index (χ3n) is 1.62. The van der Waals surface area contributed by atoms with Crippen molar-refractivity contribution in [1.82, 2.24) is 5.32 Å². The van der Waals surface area contributed by atoms with Gasteiger partial charge in [-0.25, -0.2) is 0 Å². The van der Waals surface area contributed by atoms with E-state index in [9.17, 15) is 9.90 Å². The van der Waals surface area contributed by atoms with Crippen molar-refractivity contribution in [3.05, 3.63) is 0 Å². The first kappa shape index (κ1) is 12.3. The number of hydrogen-bond donors (Lipinski definition) is 4. The minimum absolute atomic E-state index is 0.0425. The van der Waals surface area contributed by atoms with Gasteiger partial charge >= 0.3 is 0 Å². The SMILES string of the molecule is CC(C)[C@H](O)C(=O)NCC(O)CO. The second kappa shape index (κ2) is 5.90. The smallest absolute Gasteiger partial charge is 0.249 e. The molecule has 0 rings (SSSR count). The average Bonchev–Trinajstić information content (AvgIpc) is 2.11. The standard InChI is InChI=1S/C8H17NO4/c1-5(2)7(12)8(13)9-3-6(11)4-10/h5-7,10-12H,3-4H2,1-2H3,(H,9,13)/t6?,7-/m0/s1. The van der Waals surface area contributed by atoms with Crippen LogP contribution in [0.2, 0.25) is 0 Å². The van der Waals surface area contributed by atoms with Crippen LogP contribution >= 0.6 is 0 Å². The summed E-state index contributed by atoms with van der Waals surface area (Å²) < 4.78 is 0. The maximum absolute atomic E-state index is 11.1. The van der Waals surface area contributed by atoms with Crippen molar-refractivity contribution in [3.63, 3.8) is 0 Å². The van der Waals surface area contributed by atoms with Crippen LogP contribution in [0.1, 0.15) is 13.8 Å². The number of aliphatic hydroxyl groups is 3. The van der Waals surface area contributed by atoms with Crippen molar-refractivity contribution in [2.45, 2.75) is 26.1 Å². The molecule has 0 aromatic heterocycles. The first-order valence-corrected chi connectivity index (χ1v) is 4.23. The van der Waals surface area contributed by atoms with Gasteiger partial charge in [-0.15, -0.1) is 0 Å². The second-order valence-electron chi connectivity index (χ2n) is 3.27. The van der Waals surface area contributed by atoms with Crippen LogP contribution in [0.15, 0.2) is 0 Å². The lowest BCUT2D eigenvalue weighted by molar-refractivity contribution is -0.131. The van der Waals surface area contributed by atoms with Gasteiger partial charge in [-0.05, 0) is 5.92 Å². The zero-order valence-corrected chi connectivity index (χ0v) is 7.90. The molecule has 13 heavy (non-hydrogen) atoms. The summed E-state index contributed by atoms with van der Waals surface area (Å²) in [6, 6.07) is 0. The van der Waals surface area contributed by atoms with Crippen molar-refractivity contribution in [1.29, 1.82) is 0 Å². The molecule has 0 aromatic rings. The molecule has 0 spiro atoms. The van der Waals surface area contributed by atoms with E-state index < -0.39 is 24.7 Å². The van der Waals surface area contributed by atoms with Crippen LogP contribution in [0.4, 0.5) is 0 Å². The molecule has 0 heterocycles. The summed E-state index contributed by atoms with van der Waals surface area (Å²) in [5, 5.41) is 28.9. The van der Waals surface area contributed by atoms with Gasteiger partial charge in [-0.3, -0.25) is 4.79 Å². The second-order valence-corrected chi connectivity index (χ2v) is 3.27. The van der Waals surface area contributed by atoms with E-state index in [0.29, 0.717) is 0 Å². The largest absolute Gasteiger partial charge is 0.394 e. The monoisotopic (exact) mass is 191 g/mol. The van der Waals surface area contributed by atoms with Crippen LogP contribution in [0.5, 0.6) is 0 Å². The van der Waals surface area contributed by atoms with Gasteiger partial charge in [-0.1, -0.05) is 13.8 Å². The number of amides is 1. The predicted octanol–water partition coefficient (Wildman–Crippen LogP) is -1.53. The van der Waals surface area contributed by atoms with Gasteiger partial charge in [0.2, 0.25) is 5.91 Å². The highest BCUT2D eigenvalue weighted by molar-refractivity contribution is 5.80. The summed E-state index contributed by atoms with van der Waals surface area (Å²) >= 11 is 0. The zero-order chi connectivity index (χ0) is 10.4. The Morgan fingerprint density at radius 3 is 2.31 bits per heavy atom. The van der Waals surface area contributed by atoms with Crippen molar-refractivity contribution >= 4 is 5.91 Å². The lowest BCUT2D eigenvalue weighted by Crippen LogP contribution is -2.42. The molecule has 1 amide bonds. The fourth-order valence-corrected chi connectivity index (χ4v) is 0.690. The van der Waals surface area contributed by atoms with Gasteiger partial charge in [0, 0.05) is 6.54 Å². The highest BCUT2D eigenvalue weighted by Gasteiger charge is 2.18. The Hall–Kier alpha value is -0.650. The molecule has 0 aliphatic rings. The van der Waals surface area contributed by atoms with Crippen LogP contribution in [0, 0.1) is 5.92 Å². The molecule has 0 fully saturated rings. The molecule has 0 aliphatic carbocycles. The Labute approximate surface area is 77.4 Å². The number of rotatable bonds is 5. The van der Waals surface area contributed by atoms with E-state index in [1.54, 1.807) is 13.8 Å². The highest BCUT2D eigenvalue weighted by atomic mass is 16.3. The number of aliphatic hydroxyl groups excluding tert-OH is 3. The molecule has 0 aromatic carbocycles. The first-order valence-electron chi connectivity index (χ1n) is 4.23. The molecule has 5 heteroatoms. The minimum atomic E-state index is -1.06. The highest BCUT2D eigenvalue weighted by Crippen LogP contribution is 2.00. The van der Waals surface area contributed by atoms with Crippen LogP contribution in [0.25, 0.3) is 0 Å². The third kappa shape index (κ3) is 4.82. The molecule has 0 radical (unpaired) electrons. The van der Waals surface area contributed by atoms with E-state index >= 15 is 0 Å². The fourth-order valence-electron chi connectivity index (χ4n) is 0.690. The van der Waals surface area contributed by atoms with Crippen LogP contribution < -0.4 is 5.32 Å². The molecule has 78 valence electrons. The van der Waals surface area contributed by atoms with Crippen LogP contribution in [0.3, 0.4) is 0 Å². The number of nitrogens with one attached hydrogen (secondary N) is 1. The third-order valence-corrected chi connectivity index (χ3v) is 1.62. The normalized spacial score (nSPS) is 15.5. The Kier molecular flexibility index (Phi) is 5.61. The number of carbonyl (C=O) groups is 1. The molecule has 4 N–H and O–H groups in total. The van der Waals surface area contributed by atoms with Crippen molar-refractivity contribution in [3.8, 4) is 0 Å². The van der Waals surface area contributed by atoms with Gasteiger partial charge in [0.05, 0.1) is 12.7 Å². The van der Waals surface area contributed by atoms with Crippen molar-refractivity contribution in [2.75, 3.05) is 13.2 Å². The molecule has 0 bridgehead atoms. The molecule has 2 atom stereocenters. The summed E-state index contributed by atoms with van der Waals surface area (Å²) in [4.78, 5) is 11.1. The molecule has 0 saturated heterocycles. The summed E-state index contributed by atoms with van der Waals surface area (Å²) in [6.07, 6.45) is -2.03. The van der Waals surface area contributed by atoms with E-state index in [-0.39, 0.29) is 12.5 Å². The molecule has 1 unspecified atom stereocenters. The molecular formula is C8H17NO4. The summed E-state index contributed by atoms with van der Waals surface area (Å²) in [6.45, 7) is 2.98. The van der Waals surface area contributed by atoms with Gasteiger partial charge in [0.25, 0.3) is 0 Å². The van der Waals surface area contributed by atoms with E-state index in [2.05, 4.69) is 5.32 Å². The first-order chi connectivity index (χ1) is 5.99. The minimum Gasteiger partial charge on any atom is -0.394 e. The van der Waals surface area contributed by atoms with E-state index in [1.807, 2.05) is 0 Å². The van der Waals surface area contributed by atoms with Crippen molar-refractivity contribution < 1.29 is 20.1 Å². The molecule has 5 nitrogen and oxygen atoms in total. The molecule has 0 saturated carbocycles. The van der Waals surface area contributed by atoms with Crippen LogP contribution in [-0.4, -0.2) is 46.6 Å². The summed E-state index contributed by atoms with van der Waals surface area (Å²) in [5.41, 5.74) is 0. The number of carbonyl (C=O) groups excluding carboxylic acids is 1. The zero-order valence-electron chi connectivity index (χ0n) is 7.90. The van der Waals surface area contributed by atoms with Gasteiger partial charge < -0.3 is 20.6 Å². The Bertz CT molecular complexity index is 160. The van der Waals surface area contributed by atoms with Gasteiger partial charge in [0.1, 0.15) is 6.10 Å². The Morgan fingerprint density at radius 1 is 1.38 bits per heavy atom. The Morgan fingerprint density at radius 2 is 1.92 bits per heavy atom. The summed E-state index contributed by atoms with van der Waals surface area (Å²) in [7, 11) is 0. The lowest BCUT2D eigenvalue weighted by Gasteiger charge is -2.15. The fraction of sp³-hybridized carbons (Fsp3) is 0.875. The van der Waals surface area contributed by atoms with Crippen LogP contribution in [-0.2, 0) is 4.79 Å². The van der Waals surface area contributed by atoms with Gasteiger partial charge in [-0.2, -0.15) is 0 Å². The Balaban J connectivity index is 3.74. The van der Waals surface area contributed by atoms with E-state index in [4.69, 9.17) is 10.2 Å². The predicted molar refractivity (Wildman–Crippen MR) is 46.9 cm³/mol. The number of hydrogen-bond acceptors (Lipinski definition) is 4. The molecular weight excluding hydrogens is 174 g/mol. The lowest BCUT2D eigenvalue weighted by atomic mass is 10.1. The van der Waals surface area contributed by atoms with Gasteiger partial charge in [0.15, 0.2) is 0 Å². The van der Waals surface area contributed by atoms with Crippen molar-refractivity contribution in [2.24, 2.45) is 5.92 Å².